The van der Waals surface area contributed by atoms with Crippen molar-refractivity contribution in [1.82, 2.24) is 5.32 Å². The van der Waals surface area contributed by atoms with Crippen molar-refractivity contribution in [3.63, 3.8) is 0 Å². The monoisotopic (exact) mass is 256 g/mol. The zero-order valence-corrected chi connectivity index (χ0v) is 11.8. The van der Waals surface area contributed by atoms with Gasteiger partial charge in [0.1, 0.15) is 0 Å². The van der Waals surface area contributed by atoms with Crippen molar-refractivity contribution in [1.29, 1.82) is 0 Å². The molecule has 0 heterocycles. The van der Waals surface area contributed by atoms with Crippen LogP contribution in [-0.4, -0.2) is 32.2 Å². The smallest absolute Gasteiger partial charge is 0.220 e. The second-order valence-corrected chi connectivity index (χ2v) is 5.57. The Morgan fingerprint density at radius 1 is 1.39 bits per heavy atom. The average molecular weight is 256 g/mol. The summed E-state index contributed by atoms with van der Waals surface area (Å²) in [5.74, 6) is 0.131. The van der Waals surface area contributed by atoms with Crippen molar-refractivity contribution in [2.45, 2.75) is 57.9 Å². The van der Waals surface area contributed by atoms with Gasteiger partial charge in [0.15, 0.2) is 0 Å². The van der Waals surface area contributed by atoms with E-state index in [0.717, 1.165) is 19.3 Å². The van der Waals surface area contributed by atoms with Gasteiger partial charge in [0, 0.05) is 13.5 Å². The van der Waals surface area contributed by atoms with Gasteiger partial charge >= 0.3 is 0 Å². The van der Waals surface area contributed by atoms with Gasteiger partial charge in [-0.2, -0.15) is 0 Å². The lowest BCUT2D eigenvalue weighted by Gasteiger charge is -2.36. The number of carbonyl (C=O) groups excluding carboxylic acids is 1. The van der Waals surface area contributed by atoms with Gasteiger partial charge in [0.2, 0.25) is 5.91 Å². The van der Waals surface area contributed by atoms with Crippen molar-refractivity contribution in [2.75, 3.05) is 20.3 Å². The summed E-state index contributed by atoms with van der Waals surface area (Å²) in [6.07, 6.45) is 7.36. The lowest BCUT2D eigenvalue weighted by Crippen LogP contribution is -2.43. The maximum atomic E-state index is 12.1. The Hall–Kier alpha value is -0.610. The molecule has 18 heavy (non-hydrogen) atoms. The molecule has 1 atom stereocenters. The zero-order valence-electron chi connectivity index (χ0n) is 11.8. The molecular formula is C14H28N2O2. The van der Waals surface area contributed by atoms with Crippen LogP contribution in [-0.2, 0) is 9.53 Å². The molecule has 1 aliphatic carbocycles. The first-order chi connectivity index (χ1) is 8.65. The SMILES string of the molecule is CCC(COC)NC(=O)CC1(CN)CCCCC1. The fraction of sp³-hybridized carbons (Fsp3) is 0.929. The molecule has 0 bridgehead atoms. The van der Waals surface area contributed by atoms with Gasteiger partial charge in [-0.15, -0.1) is 0 Å². The number of ether oxygens (including phenoxy) is 1. The largest absolute Gasteiger partial charge is 0.383 e. The normalized spacial score (nSPS) is 20.4. The number of methoxy groups -OCH3 is 1. The number of carbonyl (C=O) groups is 1. The van der Waals surface area contributed by atoms with E-state index in [-0.39, 0.29) is 17.4 Å². The van der Waals surface area contributed by atoms with Crippen molar-refractivity contribution >= 4 is 5.91 Å². The van der Waals surface area contributed by atoms with E-state index < -0.39 is 0 Å². The van der Waals surface area contributed by atoms with E-state index in [1.807, 2.05) is 0 Å². The van der Waals surface area contributed by atoms with Gasteiger partial charge in [-0.05, 0) is 31.2 Å². The number of nitrogens with one attached hydrogen (secondary N) is 1. The standard InChI is InChI=1S/C14H28N2O2/c1-3-12(10-18-2)16-13(17)9-14(11-15)7-5-4-6-8-14/h12H,3-11,15H2,1-2H3,(H,16,17). The lowest BCUT2D eigenvalue weighted by atomic mass is 9.71. The number of hydrogen-bond donors (Lipinski definition) is 2. The summed E-state index contributed by atoms with van der Waals surface area (Å²) >= 11 is 0. The highest BCUT2D eigenvalue weighted by molar-refractivity contribution is 5.77. The maximum Gasteiger partial charge on any atom is 0.220 e. The second kappa shape index (κ2) is 7.74. The fourth-order valence-corrected chi connectivity index (χ4v) is 2.84. The van der Waals surface area contributed by atoms with Crippen LogP contribution in [0.3, 0.4) is 0 Å². The van der Waals surface area contributed by atoms with Gasteiger partial charge in [-0.25, -0.2) is 0 Å². The summed E-state index contributed by atoms with van der Waals surface area (Å²) in [5.41, 5.74) is 5.95. The van der Waals surface area contributed by atoms with E-state index in [9.17, 15) is 4.79 Å². The van der Waals surface area contributed by atoms with Crippen LogP contribution in [0, 0.1) is 5.41 Å². The molecule has 1 fully saturated rings. The lowest BCUT2D eigenvalue weighted by molar-refractivity contribution is -0.125. The van der Waals surface area contributed by atoms with Gasteiger partial charge in [-0.3, -0.25) is 4.79 Å². The van der Waals surface area contributed by atoms with Crippen LogP contribution in [0.4, 0.5) is 0 Å². The predicted molar refractivity (Wildman–Crippen MR) is 73.3 cm³/mol. The molecule has 1 rings (SSSR count). The van der Waals surface area contributed by atoms with E-state index >= 15 is 0 Å². The van der Waals surface area contributed by atoms with Gasteiger partial charge in [-0.1, -0.05) is 26.2 Å². The molecule has 3 N–H and O–H groups in total. The first-order valence-corrected chi connectivity index (χ1v) is 7.14. The van der Waals surface area contributed by atoms with Crippen LogP contribution in [0.5, 0.6) is 0 Å². The molecule has 1 amide bonds. The molecule has 0 aromatic rings. The van der Waals surface area contributed by atoms with Crippen LogP contribution < -0.4 is 11.1 Å². The molecule has 0 aliphatic heterocycles. The minimum absolute atomic E-state index is 0.0493. The highest BCUT2D eigenvalue weighted by Gasteiger charge is 2.33. The highest BCUT2D eigenvalue weighted by atomic mass is 16.5. The molecule has 0 saturated heterocycles. The molecule has 0 aromatic carbocycles. The van der Waals surface area contributed by atoms with E-state index in [4.69, 9.17) is 10.5 Å². The summed E-state index contributed by atoms with van der Waals surface area (Å²) in [5, 5.41) is 3.05. The maximum absolute atomic E-state index is 12.1. The van der Waals surface area contributed by atoms with Crippen molar-refractivity contribution < 1.29 is 9.53 Å². The first-order valence-electron chi connectivity index (χ1n) is 7.14. The second-order valence-electron chi connectivity index (χ2n) is 5.57. The van der Waals surface area contributed by atoms with Gasteiger partial charge < -0.3 is 15.8 Å². The Kier molecular flexibility index (Phi) is 6.65. The van der Waals surface area contributed by atoms with Crippen molar-refractivity contribution in [3.8, 4) is 0 Å². The summed E-state index contributed by atoms with van der Waals surface area (Å²) in [6.45, 7) is 3.27. The van der Waals surface area contributed by atoms with Crippen molar-refractivity contribution in [3.05, 3.63) is 0 Å². The molecule has 4 nitrogen and oxygen atoms in total. The summed E-state index contributed by atoms with van der Waals surface area (Å²) in [7, 11) is 1.66. The van der Waals surface area contributed by atoms with Crippen LogP contribution in [0.1, 0.15) is 51.9 Å². The predicted octanol–water partition coefficient (Wildman–Crippen LogP) is 1.83. The average Bonchev–Trinajstić information content (AvgIpc) is 2.39. The molecule has 1 aliphatic rings. The van der Waals surface area contributed by atoms with E-state index in [1.54, 1.807) is 7.11 Å². The van der Waals surface area contributed by atoms with Crippen LogP contribution in [0.15, 0.2) is 0 Å². The molecule has 0 spiro atoms. The third-order valence-corrected chi connectivity index (χ3v) is 4.11. The Labute approximate surface area is 111 Å². The summed E-state index contributed by atoms with van der Waals surface area (Å²) in [6, 6.07) is 0.126. The number of amides is 1. The third kappa shape index (κ3) is 4.58. The molecule has 0 aromatic heterocycles. The number of nitrogens with two attached hydrogens (primary N) is 1. The summed E-state index contributed by atoms with van der Waals surface area (Å²) < 4.78 is 5.10. The summed E-state index contributed by atoms with van der Waals surface area (Å²) in [4.78, 5) is 12.1. The van der Waals surface area contributed by atoms with Gasteiger partial charge in [0.25, 0.3) is 0 Å². The molecule has 106 valence electrons. The van der Waals surface area contributed by atoms with E-state index in [2.05, 4.69) is 12.2 Å². The fourth-order valence-electron chi connectivity index (χ4n) is 2.84. The van der Waals surface area contributed by atoms with Crippen LogP contribution >= 0.6 is 0 Å². The number of rotatable bonds is 7. The van der Waals surface area contributed by atoms with Crippen LogP contribution in [0.2, 0.25) is 0 Å². The molecule has 0 radical (unpaired) electrons. The topological polar surface area (TPSA) is 64.3 Å². The molecule has 4 heteroatoms. The zero-order chi connectivity index (χ0) is 13.4. The Bertz CT molecular complexity index is 250. The third-order valence-electron chi connectivity index (χ3n) is 4.11. The Balaban J connectivity index is 2.45. The van der Waals surface area contributed by atoms with Crippen molar-refractivity contribution in [2.24, 2.45) is 11.1 Å². The minimum Gasteiger partial charge on any atom is -0.383 e. The Morgan fingerprint density at radius 3 is 2.56 bits per heavy atom. The van der Waals surface area contributed by atoms with Crippen LogP contribution in [0.25, 0.3) is 0 Å². The molecule has 1 saturated carbocycles. The van der Waals surface area contributed by atoms with E-state index in [0.29, 0.717) is 19.6 Å². The minimum atomic E-state index is 0.0493. The number of hydrogen-bond acceptors (Lipinski definition) is 3. The quantitative estimate of drug-likeness (QED) is 0.730. The van der Waals surface area contributed by atoms with E-state index in [1.165, 1.54) is 19.3 Å². The molecular weight excluding hydrogens is 228 g/mol. The molecule has 1 unspecified atom stereocenters. The Morgan fingerprint density at radius 2 is 2.06 bits per heavy atom. The van der Waals surface area contributed by atoms with Gasteiger partial charge in [0.05, 0.1) is 12.6 Å². The highest BCUT2D eigenvalue weighted by Crippen LogP contribution is 2.38. The first kappa shape index (κ1) is 15.4.